The van der Waals surface area contributed by atoms with Gasteiger partial charge in [0.1, 0.15) is 0 Å². The molecule has 2 N–H and O–H groups in total. The Morgan fingerprint density at radius 3 is 2.79 bits per heavy atom. The average Bonchev–Trinajstić information content (AvgIpc) is 2.87. The molecule has 1 saturated carbocycles. The number of aliphatic hydroxyl groups is 1. The first-order valence-electron chi connectivity index (χ1n) is 7.24. The first kappa shape index (κ1) is 12.9. The zero-order valence-electron chi connectivity index (χ0n) is 11.3. The highest BCUT2D eigenvalue weighted by atomic mass is 16.3. The Morgan fingerprint density at radius 1 is 1.26 bits per heavy atom. The van der Waals surface area contributed by atoms with E-state index in [4.69, 9.17) is 0 Å². The van der Waals surface area contributed by atoms with Crippen LogP contribution in [-0.4, -0.2) is 28.4 Å². The lowest BCUT2D eigenvalue weighted by molar-refractivity contribution is -0.115. The van der Waals surface area contributed by atoms with E-state index < -0.39 is 5.60 Å². The van der Waals surface area contributed by atoms with Crippen LogP contribution in [0, 0.1) is 5.41 Å². The smallest absolute Gasteiger partial charge is 0.250 e. The van der Waals surface area contributed by atoms with E-state index in [0.29, 0.717) is 6.54 Å². The molecule has 3 rings (SSSR count). The number of piperidine rings is 1. The van der Waals surface area contributed by atoms with Gasteiger partial charge in [0.25, 0.3) is 5.56 Å². The van der Waals surface area contributed by atoms with Gasteiger partial charge in [0.2, 0.25) is 0 Å². The van der Waals surface area contributed by atoms with E-state index in [0.717, 1.165) is 32.4 Å². The summed E-state index contributed by atoms with van der Waals surface area (Å²) in [5, 5.41) is 14.6. The second kappa shape index (κ2) is 4.76. The summed E-state index contributed by atoms with van der Waals surface area (Å²) in [5.74, 6) is 0. The number of hydrogen-bond donors (Lipinski definition) is 2. The van der Waals surface area contributed by atoms with E-state index in [1.807, 2.05) is 6.07 Å². The molecule has 1 aliphatic carbocycles. The van der Waals surface area contributed by atoms with Crippen molar-refractivity contribution < 1.29 is 5.11 Å². The van der Waals surface area contributed by atoms with Crippen molar-refractivity contribution in [3.63, 3.8) is 0 Å². The van der Waals surface area contributed by atoms with Crippen molar-refractivity contribution in [1.29, 1.82) is 0 Å². The average molecular weight is 262 g/mol. The van der Waals surface area contributed by atoms with E-state index in [1.165, 1.54) is 12.8 Å². The van der Waals surface area contributed by atoms with Crippen molar-refractivity contribution in [2.24, 2.45) is 5.41 Å². The van der Waals surface area contributed by atoms with Crippen molar-refractivity contribution in [3.05, 3.63) is 34.7 Å². The number of nitrogens with zero attached hydrogens (tertiary/aromatic N) is 1. The number of nitrogens with one attached hydrogen (secondary N) is 1. The van der Waals surface area contributed by atoms with Gasteiger partial charge in [-0.3, -0.25) is 4.79 Å². The third-order valence-corrected chi connectivity index (χ3v) is 5.06. The van der Waals surface area contributed by atoms with Crippen LogP contribution < -0.4 is 10.9 Å². The highest BCUT2D eigenvalue weighted by Gasteiger charge is 2.53. The summed E-state index contributed by atoms with van der Waals surface area (Å²) in [4.78, 5) is 11.9. The summed E-state index contributed by atoms with van der Waals surface area (Å²) in [5.41, 5.74) is -0.817. The summed E-state index contributed by atoms with van der Waals surface area (Å²) in [6, 6.07) is 5.16. The minimum Gasteiger partial charge on any atom is -0.387 e. The lowest BCUT2D eigenvalue weighted by Crippen LogP contribution is -2.60. The van der Waals surface area contributed by atoms with Crippen molar-refractivity contribution in [1.82, 2.24) is 9.88 Å². The molecule has 2 fully saturated rings. The van der Waals surface area contributed by atoms with E-state index in [2.05, 4.69) is 5.32 Å². The highest BCUT2D eigenvalue weighted by Crippen LogP contribution is 2.49. The number of rotatable bonds is 2. The molecule has 2 aliphatic rings. The van der Waals surface area contributed by atoms with Gasteiger partial charge in [-0.15, -0.1) is 0 Å². The fourth-order valence-electron chi connectivity index (χ4n) is 3.87. The molecule has 1 saturated heterocycles. The Labute approximate surface area is 113 Å². The third-order valence-electron chi connectivity index (χ3n) is 5.06. The van der Waals surface area contributed by atoms with E-state index in [-0.39, 0.29) is 11.0 Å². The maximum Gasteiger partial charge on any atom is 0.250 e. The summed E-state index contributed by atoms with van der Waals surface area (Å²) < 4.78 is 1.66. The molecule has 1 aromatic heterocycles. The van der Waals surface area contributed by atoms with E-state index in [9.17, 15) is 9.90 Å². The molecular weight excluding hydrogens is 240 g/mol. The normalized spacial score (nSPS) is 29.7. The monoisotopic (exact) mass is 262 g/mol. The molecule has 1 atom stereocenters. The summed E-state index contributed by atoms with van der Waals surface area (Å²) >= 11 is 0. The SMILES string of the molecule is O=c1ccccn1CC1(O)CCNCC12CCCC2. The molecule has 104 valence electrons. The van der Waals surface area contributed by atoms with Gasteiger partial charge in [-0.05, 0) is 31.9 Å². The Hall–Kier alpha value is -1.13. The molecule has 4 heteroatoms. The molecule has 1 spiro atoms. The van der Waals surface area contributed by atoms with Crippen LogP contribution >= 0.6 is 0 Å². The highest BCUT2D eigenvalue weighted by molar-refractivity contribution is 5.06. The van der Waals surface area contributed by atoms with Crippen molar-refractivity contribution >= 4 is 0 Å². The molecule has 0 radical (unpaired) electrons. The maximum atomic E-state index is 11.9. The van der Waals surface area contributed by atoms with Crippen LogP contribution in [0.4, 0.5) is 0 Å². The van der Waals surface area contributed by atoms with Gasteiger partial charge in [-0.2, -0.15) is 0 Å². The van der Waals surface area contributed by atoms with Crippen LogP contribution in [0.25, 0.3) is 0 Å². The van der Waals surface area contributed by atoms with Crippen molar-refractivity contribution in [3.8, 4) is 0 Å². The van der Waals surface area contributed by atoms with Crippen LogP contribution in [0.2, 0.25) is 0 Å². The van der Waals surface area contributed by atoms with Gasteiger partial charge < -0.3 is 15.0 Å². The van der Waals surface area contributed by atoms with Gasteiger partial charge in [-0.1, -0.05) is 18.9 Å². The minimum absolute atomic E-state index is 0.0254. The standard InChI is InChI=1S/C15H22N2O2/c18-13-5-1-4-10-17(13)12-15(19)8-9-16-11-14(15)6-2-3-7-14/h1,4-5,10,16,19H,2-3,6-9,11-12H2. The van der Waals surface area contributed by atoms with Crippen molar-refractivity contribution in [2.75, 3.05) is 13.1 Å². The summed E-state index contributed by atoms with van der Waals surface area (Å²) in [6.07, 6.45) is 7.02. The Balaban J connectivity index is 1.92. The van der Waals surface area contributed by atoms with Crippen LogP contribution in [-0.2, 0) is 6.54 Å². The van der Waals surface area contributed by atoms with Crippen LogP contribution in [0.3, 0.4) is 0 Å². The molecule has 0 bridgehead atoms. The quantitative estimate of drug-likeness (QED) is 0.840. The van der Waals surface area contributed by atoms with Gasteiger partial charge in [0.15, 0.2) is 0 Å². The Morgan fingerprint density at radius 2 is 2.05 bits per heavy atom. The lowest BCUT2D eigenvalue weighted by atomic mass is 9.66. The van der Waals surface area contributed by atoms with E-state index >= 15 is 0 Å². The van der Waals surface area contributed by atoms with Gasteiger partial charge in [0.05, 0.1) is 12.1 Å². The van der Waals surface area contributed by atoms with Crippen LogP contribution in [0.5, 0.6) is 0 Å². The number of aromatic nitrogens is 1. The molecule has 0 aromatic carbocycles. The summed E-state index contributed by atoms with van der Waals surface area (Å²) in [6.45, 7) is 2.14. The molecule has 4 nitrogen and oxygen atoms in total. The summed E-state index contributed by atoms with van der Waals surface area (Å²) in [7, 11) is 0. The van der Waals surface area contributed by atoms with Gasteiger partial charge in [-0.25, -0.2) is 0 Å². The Kier molecular flexibility index (Phi) is 3.23. The lowest BCUT2D eigenvalue weighted by Gasteiger charge is -2.49. The van der Waals surface area contributed by atoms with Gasteiger partial charge >= 0.3 is 0 Å². The predicted molar refractivity (Wildman–Crippen MR) is 74.0 cm³/mol. The predicted octanol–water partition coefficient (Wildman–Crippen LogP) is 1.13. The zero-order valence-corrected chi connectivity index (χ0v) is 11.3. The minimum atomic E-state index is -0.750. The number of pyridine rings is 1. The number of hydrogen-bond acceptors (Lipinski definition) is 3. The van der Waals surface area contributed by atoms with E-state index in [1.54, 1.807) is 22.9 Å². The molecule has 2 heterocycles. The molecule has 19 heavy (non-hydrogen) atoms. The molecule has 1 aliphatic heterocycles. The molecular formula is C15H22N2O2. The molecule has 0 amide bonds. The second-order valence-corrected chi connectivity index (χ2v) is 6.11. The first-order valence-corrected chi connectivity index (χ1v) is 7.24. The second-order valence-electron chi connectivity index (χ2n) is 6.11. The third kappa shape index (κ3) is 2.13. The van der Waals surface area contributed by atoms with Crippen LogP contribution in [0.1, 0.15) is 32.1 Å². The fraction of sp³-hybridized carbons (Fsp3) is 0.667. The topological polar surface area (TPSA) is 54.3 Å². The van der Waals surface area contributed by atoms with Crippen LogP contribution in [0.15, 0.2) is 29.2 Å². The first-order chi connectivity index (χ1) is 9.15. The largest absolute Gasteiger partial charge is 0.387 e. The molecule has 1 unspecified atom stereocenters. The van der Waals surface area contributed by atoms with Gasteiger partial charge in [0, 0.05) is 24.2 Å². The zero-order chi connectivity index (χ0) is 13.3. The maximum absolute atomic E-state index is 11.9. The Bertz CT molecular complexity index is 505. The van der Waals surface area contributed by atoms with Crippen molar-refractivity contribution in [2.45, 2.75) is 44.2 Å². The fourth-order valence-corrected chi connectivity index (χ4v) is 3.87. The molecule has 1 aromatic rings.